The lowest BCUT2D eigenvalue weighted by molar-refractivity contribution is -0.124. The fraction of sp³-hybridized carbons (Fsp3) is 0.500. The quantitative estimate of drug-likeness (QED) is 0.727. The van der Waals surface area contributed by atoms with Crippen LogP contribution in [0.15, 0.2) is 24.3 Å². The van der Waals surface area contributed by atoms with Crippen molar-refractivity contribution in [1.29, 1.82) is 0 Å². The van der Waals surface area contributed by atoms with Crippen LogP contribution in [-0.2, 0) is 11.3 Å². The highest BCUT2D eigenvalue weighted by molar-refractivity contribution is 5.78. The molecule has 5 nitrogen and oxygen atoms in total. The van der Waals surface area contributed by atoms with Crippen molar-refractivity contribution in [2.75, 3.05) is 32.8 Å². The third-order valence-electron chi connectivity index (χ3n) is 3.14. The zero-order chi connectivity index (χ0) is 13.5. The van der Waals surface area contributed by atoms with E-state index in [1.807, 2.05) is 24.3 Å². The molecule has 3 N–H and O–H groups in total. The van der Waals surface area contributed by atoms with Crippen LogP contribution in [0, 0.1) is 0 Å². The number of benzene rings is 1. The number of rotatable bonds is 6. The van der Waals surface area contributed by atoms with Crippen LogP contribution in [0.25, 0.3) is 0 Å². The van der Waals surface area contributed by atoms with Gasteiger partial charge in [-0.05, 0) is 24.1 Å². The van der Waals surface area contributed by atoms with Gasteiger partial charge in [0, 0.05) is 26.2 Å². The van der Waals surface area contributed by atoms with Crippen LogP contribution in [0.5, 0.6) is 5.75 Å². The highest BCUT2D eigenvalue weighted by atomic mass is 16.5. The minimum Gasteiger partial charge on any atom is -0.494 e. The fourth-order valence-corrected chi connectivity index (χ4v) is 2.12. The standard InChI is InChI=1S/C14H21N3O2/c15-10-12-3-1-4-13(9-12)19-8-2-6-17-7-5-16-14(18)11-17/h1,3-4,9H,2,5-8,10-11,15H2,(H,16,18). The molecule has 5 heteroatoms. The van der Waals surface area contributed by atoms with Crippen molar-refractivity contribution in [2.45, 2.75) is 13.0 Å². The van der Waals surface area contributed by atoms with Crippen LogP contribution in [0.3, 0.4) is 0 Å². The molecule has 0 radical (unpaired) electrons. The first kappa shape index (κ1) is 13.8. The van der Waals surface area contributed by atoms with Gasteiger partial charge in [-0.3, -0.25) is 9.69 Å². The SMILES string of the molecule is NCc1cccc(OCCCN2CCNC(=O)C2)c1. The number of carbonyl (C=O) groups excluding carboxylic acids is 1. The van der Waals surface area contributed by atoms with E-state index in [0.717, 1.165) is 37.4 Å². The predicted molar refractivity (Wildman–Crippen MR) is 73.9 cm³/mol. The van der Waals surface area contributed by atoms with Gasteiger partial charge in [-0.25, -0.2) is 0 Å². The summed E-state index contributed by atoms with van der Waals surface area (Å²) in [6.07, 6.45) is 0.917. The summed E-state index contributed by atoms with van der Waals surface area (Å²) >= 11 is 0. The van der Waals surface area contributed by atoms with Crippen molar-refractivity contribution in [1.82, 2.24) is 10.2 Å². The maximum atomic E-state index is 11.2. The molecule has 0 aromatic heterocycles. The summed E-state index contributed by atoms with van der Waals surface area (Å²) in [6.45, 7) is 4.26. The van der Waals surface area contributed by atoms with Gasteiger partial charge < -0.3 is 15.8 Å². The molecule has 1 heterocycles. The number of amides is 1. The highest BCUT2D eigenvalue weighted by Gasteiger charge is 2.14. The van der Waals surface area contributed by atoms with E-state index in [4.69, 9.17) is 10.5 Å². The van der Waals surface area contributed by atoms with Crippen LogP contribution in [-0.4, -0.2) is 43.6 Å². The molecule has 1 aromatic carbocycles. The molecule has 104 valence electrons. The largest absolute Gasteiger partial charge is 0.494 e. The normalized spacial score (nSPS) is 16.2. The van der Waals surface area contributed by atoms with Crippen LogP contribution >= 0.6 is 0 Å². The first-order chi connectivity index (χ1) is 9.28. The number of nitrogens with one attached hydrogen (secondary N) is 1. The molecule has 0 atom stereocenters. The van der Waals surface area contributed by atoms with Crippen molar-refractivity contribution in [3.05, 3.63) is 29.8 Å². The molecular formula is C14H21N3O2. The molecule has 1 saturated heterocycles. The van der Waals surface area contributed by atoms with Gasteiger partial charge in [0.25, 0.3) is 0 Å². The minimum absolute atomic E-state index is 0.114. The summed E-state index contributed by atoms with van der Waals surface area (Å²) in [6, 6.07) is 7.84. The second kappa shape index (κ2) is 7.11. The second-order valence-electron chi connectivity index (χ2n) is 4.68. The summed E-state index contributed by atoms with van der Waals surface area (Å²) in [5.41, 5.74) is 6.66. The molecule has 1 fully saturated rings. The average molecular weight is 263 g/mol. The predicted octanol–water partition coefficient (Wildman–Crippen LogP) is 0.346. The Hall–Kier alpha value is -1.59. The van der Waals surface area contributed by atoms with Gasteiger partial charge in [0.2, 0.25) is 5.91 Å². The first-order valence-corrected chi connectivity index (χ1v) is 6.69. The molecule has 1 aliphatic rings. The van der Waals surface area contributed by atoms with E-state index in [2.05, 4.69) is 10.2 Å². The number of ether oxygens (including phenoxy) is 1. The van der Waals surface area contributed by atoms with E-state index in [0.29, 0.717) is 19.7 Å². The van der Waals surface area contributed by atoms with Crippen molar-refractivity contribution in [2.24, 2.45) is 5.73 Å². The lowest BCUT2D eigenvalue weighted by atomic mass is 10.2. The lowest BCUT2D eigenvalue weighted by Crippen LogP contribution is -2.47. The Morgan fingerprint density at radius 1 is 1.42 bits per heavy atom. The van der Waals surface area contributed by atoms with Gasteiger partial charge in [-0.2, -0.15) is 0 Å². The van der Waals surface area contributed by atoms with E-state index in [9.17, 15) is 4.79 Å². The number of nitrogens with two attached hydrogens (primary N) is 1. The maximum Gasteiger partial charge on any atom is 0.234 e. The molecule has 0 aliphatic carbocycles. The second-order valence-corrected chi connectivity index (χ2v) is 4.68. The Morgan fingerprint density at radius 3 is 3.11 bits per heavy atom. The fourth-order valence-electron chi connectivity index (χ4n) is 2.12. The zero-order valence-electron chi connectivity index (χ0n) is 11.1. The summed E-state index contributed by atoms with van der Waals surface area (Å²) in [5, 5.41) is 2.82. The Bertz CT molecular complexity index is 423. The molecule has 0 unspecified atom stereocenters. The monoisotopic (exact) mass is 263 g/mol. The van der Waals surface area contributed by atoms with Gasteiger partial charge >= 0.3 is 0 Å². The summed E-state index contributed by atoms with van der Waals surface area (Å²) in [5.74, 6) is 0.974. The summed E-state index contributed by atoms with van der Waals surface area (Å²) < 4.78 is 5.68. The van der Waals surface area contributed by atoms with Crippen molar-refractivity contribution >= 4 is 5.91 Å². The van der Waals surface area contributed by atoms with E-state index in [1.165, 1.54) is 0 Å². The smallest absolute Gasteiger partial charge is 0.234 e. The van der Waals surface area contributed by atoms with Crippen LogP contribution in [0.2, 0.25) is 0 Å². The van der Waals surface area contributed by atoms with Crippen molar-refractivity contribution in [3.8, 4) is 5.75 Å². The molecular weight excluding hydrogens is 242 g/mol. The van der Waals surface area contributed by atoms with E-state index in [1.54, 1.807) is 0 Å². The third kappa shape index (κ3) is 4.54. The Balaban J connectivity index is 1.67. The van der Waals surface area contributed by atoms with Crippen molar-refractivity contribution in [3.63, 3.8) is 0 Å². The first-order valence-electron chi connectivity index (χ1n) is 6.69. The zero-order valence-corrected chi connectivity index (χ0v) is 11.1. The Kier molecular flexibility index (Phi) is 5.18. The van der Waals surface area contributed by atoms with Gasteiger partial charge in [0.1, 0.15) is 5.75 Å². The van der Waals surface area contributed by atoms with Crippen LogP contribution in [0.1, 0.15) is 12.0 Å². The van der Waals surface area contributed by atoms with E-state index < -0.39 is 0 Å². The maximum absolute atomic E-state index is 11.2. The lowest BCUT2D eigenvalue weighted by Gasteiger charge is -2.26. The van der Waals surface area contributed by atoms with Crippen molar-refractivity contribution < 1.29 is 9.53 Å². The van der Waals surface area contributed by atoms with Crippen LogP contribution < -0.4 is 15.8 Å². The third-order valence-corrected chi connectivity index (χ3v) is 3.14. The molecule has 0 bridgehead atoms. The number of hydrogen-bond acceptors (Lipinski definition) is 4. The van der Waals surface area contributed by atoms with E-state index in [-0.39, 0.29) is 5.91 Å². The van der Waals surface area contributed by atoms with Gasteiger partial charge in [-0.15, -0.1) is 0 Å². The molecule has 19 heavy (non-hydrogen) atoms. The Labute approximate surface area is 113 Å². The van der Waals surface area contributed by atoms with Crippen LogP contribution in [0.4, 0.5) is 0 Å². The highest BCUT2D eigenvalue weighted by Crippen LogP contribution is 2.13. The number of nitrogens with zero attached hydrogens (tertiary/aromatic N) is 1. The minimum atomic E-state index is 0.114. The molecule has 1 aliphatic heterocycles. The van der Waals surface area contributed by atoms with Gasteiger partial charge in [0.05, 0.1) is 13.2 Å². The van der Waals surface area contributed by atoms with Gasteiger partial charge in [0.15, 0.2) is 0 Å². The summed E-state index contributed by atoms with van der Waals surface area (Å²) in [4.78, 5) is 13.4. The Morgan fingerprint density at radius 2 is 2.32 bits per heavy atom. The van der Waals surface area contributed by atoms with E-state index >= 15 is 0 Å². The molecule has 1 amide bonds. The van der Waals surface area contributed by atoms with Gasteiger partial charge in [-0.1, -0.05) is 12.1 Å². The average Bonchev–Trinajstić information content (AvgIpc) is 2.44. The number of piperazine rings is 1. The summed E-state index contributed by atoms with van der Waals surface area (Å²) in [7, 11) is 0. The molecule has 0 spiro atoms. The topological polar surface area (TPSA) is 67.6 Å². The number of carbonyl (C=O) groups is 1. The molecule has 1 aromatic rings. The molecule has 2 rings (SSSR count). The molecule has 0 saturated carbocycles. The number of hydrogen-bond donors (Lipinski definition) is 2.